The fourth-order valence-corrected chi connectivity index (χ4v) is 2.85. The standard InChI is InChI=1S/C20H15ClN4/c1-13-4-6-14(7-5-13)19-17-11-16(21)8-9-18(17)23-20(25-24-19)15-3-2-10-22-12-15/h2-12H,1H3,(H,23,25). The summed E-state index contributed by atoms with van der Waals surface area (Å²) in [6.45, 7) is 2.06. The summed E-state index contributed by atoms with van der Waals surface area (Å²) >= 11 is 6.23. The number of aromatic nitrogens is 1. The summed E-state index contributed by atoms with van der Waals surface area (Å²) in [4.78, 5) is 8.89. The van der Waals surface area contributed by atoms with Gasteiger partial charge in [0.25, 0.3) is 0 Å². The van der Waals surface area contributed by atoms with Crippen LogP contribution in [0.2, 0.25) is 5.02 Å². The first kappa shape index (κ1) is 15.5. The van der Waals surface area contributed by atoms with E-state index in [1.165, 1.54) is 5.56 Å². The third-order valence-corrected chi connectivity index (χ3v) is 4.21. The van der Waals surface area contributed by atoms with Crippen molar-refractivity contribution in [1.29, 1.82) is 0 Å². The molecule has 0 atom stereocenters. The van der Waals surface area contributed by atoms with Gasteiger partial charge >= 0.3 is 0 Å². The van der Waals surface area contributed by atoms with Gasteiger partial charge in [-0.2, -0.15) is 5.10 Å². The van der Waals surface area contributed by atoms with E-state index in [-0.39, 0.29) is 0 Å². The monoisotopic (exact) mass is 346 g/mol. The van der Waals surface area contributed by atoms with E-state index in [1.54, 1.807) is 12.4 Å². The van der Waals surface area contributed by atoms with E-state index < -0.39 is 0 Å². The van der Waals surface area contributed by atoms with E-state index in [4.69, 9.17) is 16.6 Å². The van der Waals surface area contributed by atoms with Gasteiger partial charge in [-0.05, 0) is 37.3 Å². The zero-order chi connectivity index (χ0) is 17.2. The average Bonchev–Trinajstić information content (AvgIpc) is 2.83. The highest BCUT2D eigenvalue weighted by atomic mass is 35.5. The van der Waals surface area contributed by atoms with E-state index in [2.05, 4.69) is 46.7 Å². The van der Waals surface area contributed by atoms with Crippen LogP contribution in [0.3, 0.4) is 0 Å². The number of halogens is 1. The molecule has 5 heteroatoms. The van der Waals surface area contributed by atoms with Crippen LogP contribution < -0.4 is 5.43 Å². The van der Waals surface area contributed by atoms with Gasteiger partial charge in [-0.15, -0.1) is 0 Å². The van der Waals surface area contributed by atoms with Gasteiger partial charge in [-0.1, -0.05) is 41.4 Å². The minimum absolute atomic E-state index is 0.651. The lowest BCUT2D eigenvalue weighted by molar-refractivity contribution is 1.03. The van der Waals surface area contributed by atoms with E-state index in [0.717, 1.165) is 28.1 Å². The molecule has 1 aliphatic rings. The van der Waals surface area contributed by atoms with Crippen LogP contribution in [-0.2, 0) is 0 Å². The first-order chi connectivity index (χ1) is 12.2. The molecule has 0 saturated carbocycles. The summed E-state index contributed by atoms with van der Waals surface area (Å²) in [5.41, 5.74) is 8.67. The number of nitrogens with zero attached hydrogens (tertiary/aromatic N) is 3. The maximum absolute atomic E-state index is 6.23. The molecule has 0 spiro atoms. The zero-order valence-electron chi connectivity index (χ0n) is 13.6. The Morgan fingerprint density at radius 3 is 2.56 bits per heavy atom. The molecule has 4 nitrogen and oxygen atoms in total. The SMILES string of the molecule is Cc1ccc(C2=NNC(c3cccnc3)=Nc3ccc(Cl)cc32)cc1. The average molecular weight is 347 g/mol. The van der Waals surface area contributed by atoms with Gasteiger partial charge in [0.15, 0.2) is 5.84 Å². The molecule has 0 bridgehead atoms. The van der Waals surface area contributed by atoms with Crippen LogP contribution in [0.1, 0.15) is 22.3 Å². The Morgan fingerprint density at radius 1 is 0.960 bits per heavy atom. The number of rotatable bonds is 2. The zero-order valence-corrected chi connectivity index (χ0v) is 14.3. The molecule has 0 amide bonds. The molecular formula is C20H15ClN4. The lowest BCUT2D eigenvalue weighted by Gasteiger charge is -2.08. The Labute approximate surface area is 150 Å². The van der Waals surface area contributed by atoms with Crippen molar-refractivity contribution >= 4 is 28.8 Å². The third-order valence-electron chi connectivity index (χ3n) is 3.98. The highest BCUT2D eigenvalue weighted by molar-refractivity contribution is 6.31. The number of amidine groups is 1. The summed E-state index contributed by atoms with van der Waals surface area (Å²) in [7, 11) is 0. The lowest BCUT2D eigenvalue weighted by atomic mass is 10.00. The summed E-state index contributed by atoms with van der Waals surface area (Å²) < 4.78 is 0. The number of hydrogen-bond acceptors (Lipinski definition) is 4. The predicted octanol–water partition coefficient (Wildman–Crippen LogP) is 4.48. The van der Waals surface area contributed by atoms with Crippen molar-refractivity contribution in [2.24, 2.45) is 10.1 Å². The lowest BCUT2D eigenvalue weighted by Crippen LogP contribution is -2.19. The fraction of sp³-hybridized carbons (Fsp3) is 0.0500. The van der Waals surface area contributed by atoms with Crippen molar-refractivity contribution in [1.82, 2.24) is 10.4 Å². The topological polar surface area (TPSA) is 49.6 Å². The summed E-state index contributed by atoms with van der Waals surface area (Å²) in [6, 6.07) is 17.7. The number of aryl methyl sites for hydroxylation is 1. The Bertz CT molecular complexity index is 976. The Hall–Kier alpha value is -2.98. The normalized spacial score (nSPS) is 13.2. The van der Waals surface area contributed by atoms with Crippen LogP contribution in [0.4, 0.5) is 5.69 Å². The van der Waals surface area contributed by atoms with Gasteiger partial charge in [0.1, 0.15) is 5.71 Å². The molecule has 0 radical (unpaired) electrons. The van der Waals surface area contributed by atoms with Gasteiger partial charge in [0.2, 0.25) is 0 Å². The minimum atomic E-state index is 0.651. The Kier molecular flexibility index (Phi) is 4.04. The molecule has 2 aromatic carbocycles. The van der Waals surface area contributed by atoms with Crippen molar-refractivity contribution < 1.29 is 0 Å². The van der Waals surface area contributed by atoms with Crippen molar-refractivity contribution in [2.45, 2.75) is 6.92 Å². The Morgan fingerprint density at radius 2 is 1.80 bits per heavy atom. The van der Waals surface area contributed by atoms with Gasteiger partial charge in [-0.3, -0.25) is 10.4 Å². The molecule has 1 N–H and O–H groups in total. The number of hydrazone groups is 1. The molecule has 0 fully saturated rings. The Balaban J connectivity index is 1.87. The summed E-state index contributed by atoms with van der Waals surface area (Å²) in [5, 5.41) is 5.26. The molecule has 4 rings (SSSR count). The quantitative estimate of drug-likeness (QED) is 0.743. The van der Waals surface area contributed by atoms with Crippen LogP contribution in [0.15, 0.2) is 77.1 Å². The summed E-state index contributed by atoms with van der Waals surface area (Å²) in [6.07, 6.45) is 3.49. The first-order valence-electron chi connectivity index (χ1n) is 7.90. The number of hydrogen-bond donors (Lipinski definition) is 1. The fourth-order valence-electron chi connectivity index (χ4n) is 2.67. The van der Waals surface area contributed by atoms with Gasteiger partial charge in [0, 0.05) is 34.1 Å². The van der Waals surface area contributed by atoms with E-state index in [0.29, 0.717) is 10.9 Å². The first-order valence-corrected chi connectivity index (χ1v) is 8.28. The van der Waals surface area contributed by atoms with Gasteiger partial charge in [0.05, 0.1) is 5.69 Å². The van der Waals surface area contributed by atoms with E-state index in [1.807, 2.05) is 30.3 Å². The molecule has 0 aliphatic carbocycles. The molecule has 3 aromatic rings. The number of aliphatic imine (C=N–C) groups is 1. The van der Waals surface area contributed by atoms with Crippen LogP contribution in [0, 0.1) is 6.92 Å². The molecule has 122 valence electrons. The van der Waals surface area contributed by atoms with Crippen LogP contribution >= 0.6 is 11.6 Å². The third kappa shape index (κ3) is 3.16. The van der Waals surface area contributed by atoms with Crippen LogP contribution in [0.25, 0.3) is 0 Å². The second kappa shape index (κ2) is 6.49. The summed E-state index contributed by atoms with van der Waals surface area (Å²) in [5.74, 6) is 0.652. The number of pyridine rings is 1. The number of fused-ring (bicyclic) bond motifs is 1. The second-order valence-corrected chi connectivity index (χ2v) is 6.24. The van der Waals surface area contributed by atoms with E-state index >= 15 is 0 Å². The van der Waals surface area contributed by atoms with E-state index in [9.17, 15) is 0 Å². The highest BCUT2D eigenvalue weighted by Gasteiger charge is 2.17. The van der Waals surface area contributed by atoms with Crippen molar-refractivity contribution in [3.63, 3.8) is 0 Å². The molecule has 25 heavy (non-hydrogen) atoms. The van der Waals surface area contributed by atoms with Crippen molar-refractivity contribution in [2.75, 3.05) is 0 Å². The van der Waals surface area contributed by atoms with Crippen molar-refractivity contribution in [3.8, 4) is 0 Å². The molecule has 1 aromatic heterocycles. The second-order valence-electron chi connectivity index (χ2n) is 5.80. The maximum Gasteiger partial charge on any atom is 0.155 e. The molecule has 0 unspecified atom stereocenters. The van der Waals surface area contributed by atoms with Crippen LogP contribution in [0.5, 0.6) is 0 Å². The van der Waals surface area contributed by atoms with Crippen molar-refractivity contribution in [3.05, 3.63) is 94.3 Å². The predicted molar refractivity (Wildman–Crippen MR) is 102 cm³/mol. The van der Waals surface area contributed by atoms with Gasteiger partial charge < -0.3 is 0 Å². The van der Waals surface area contributed by atoms with Gasteiger partial charge in [-0.25, -0.2) is 4.99 Å². The molecule has 2 heterocycles. The number of benzene rings is 2. The molecular weight excluding hydrogens is 332 g/mol. The van der Waals surface area contributed by atoms with Crippen LogP contribution in [-0.4, -0.2) is 16.5 Å². The molecule has 0 saturated heterocycles. The largest absolute Gasteiger partial charge is 0.264 e. The highest BCUT2D eigenvalue weighted by Crippen LogP contribution is 2.28. The number of nitrogens with one attached hydrogen (secondary N) is 1. The minimum Gasteiger partial charge on any atom is -0.264 e. The smallest absolute Gasteiger partial charge is 0.155 e. The maximum atomic E-state index is 6.23. The molecule has 1 aliphatic heterocycles.